The van der Waals surface area contributed by atoms with Crippen LogP contribution in [-0.2, 0) is 5.60 Å². The smallest absolute Gasteiger partial charge is 0.129 e. The number of halogens is 1. The highest BCUT2D eigenvalue weighted by Gasteiger charge is 2.33. The van der Waals surface area contributed by atoms with E-state index in [2.05, 4.69) is 0 Å². The molecule has 1 aromatic rings. The Labute approximate surface area is 89.9 Å². The second-order valence-corrected chi connectivity index (χ2v) is 4.66. The van der Waals surface area contributed by atoms with Gasteiger partial charge in [0.1, 0.15) is 5.82 Å². The first-order valence-corrected chi connectivity index (χ1v) is 5.52. The van der Waals surface area contributed by atoms with Gasteiger partial charge in [-0.1, -0.05) is 25.0 Å². The van der Waals surface area contributed by atoms with Crippen LogP contribution in [0.4, 0.5) is 4.39 Å². The van der Waals surface area contributed by atoms with Gasteiger partial charge in [0.15, 0.2) is 0 Å². The standard InChI is InChI=1S/C13H17FO/c1-9-7-11(8-10(2)12(9)14)13(15)5-3-4-6-13/h7-8,15H,3-6H2,1-2H3. The van der Waals surface area contributed by atoms with Crippen molar-refractivity contribution in [2.45, 2.75) is 45.1 Å². The zero-order valence-electron chi connectivity index (χ0n) is 9.31. The lowest BCUT2D eigenvalue weighted by Gasteiger charge is -2.23. The van der Waals surface area contributed by atoms with Gasteiger partial charge >= 0.3 is 0 Å². The maximum Gasteiger partial charge on any atom is 0.129 e. The molecule has 1 aromatic carbocycles. The summed E-state index contributed by atoms with van der Waals surface area (Å²) in [5, 5.41) is 10.4. The molecular weight excluding hydrogens is 191 g/mol. The van der Waals surface area contributed by atoms with Crippen molar-refractivity contribution in [3.8, 4) is 0 Å². The van der Waals surface area contributed by atoms with Gasteiger partial charge < -0.3 is 5.11 Å². The Morgan fingerprint density at radius 1 is 1.13 bits per heavy atom. The van der Waals surface area contributed by atoms with E-state index in [9.17, 15) is 9.50 Å². The summed E-state index contributed by atoms with van der Waals surface area (Å²) in [5.41, 5.74) is 1.44. The fourth-order valence-corrected chi connectivity index (χ4v) is 2.46. The van der Waals surface area contributed by atoms with E-state index in [4.69, 9.17) is 0 Å². The van der Waals surface area contributed by atoms with E-state index in [0.29, 0.717) is 11.1 Å². The SMILES string of the molecule is Cc1cc(C2(O)CCCC2)cc(C)c1F. The first-order valence-electron chi connectivity index (χ1n) is 5.52. The molecule has 0 spiro atoms. The third kappa shape index (κ3) is 1.78. The Hall–Kier alpha value is -0.890. The van der Waals surface area contributed by atoms with Gasteiger partial charge in [0.25, 0.3) is 0 Å². The Kier molecular flexibility index (Phi) is 2.55. The topological polar surface area (TPSA) is 20.2 Å². The maximum atomic E-state index is 13.4. The number of aryl methyl sites for hydroxylation is 2. The van der Waals surface area contributed by atoms with Crippen molar-refractivity contribution < 1.29 is 9.50 Å². The minimum atomic E-state index is -0.705. The molecule has 0 unspecified atom stereocenters. The van der Waals surface area contributed by atoms with Gasteiger partial charge in [0.2, 0.25) is 0 Å². The van der Waals surface area contributed by atoms with E-state index >= 15 is 0 Å². The largest absolute Gasteiger partial charge is 0.385 e. The summed E-state index contributed by atoms with van der Waals surface area (Å²) in [6, 6.07) is 3.57. The molecule has 1 saturated carbocycles. The minimum absolute atomic E-state index is 0.152. The molecule has 2 heteroatoms. The summed E-state index contributed by atoms with van der Waals surface area (Å²) in [5.74, 6) is -0.152. The average Bonchev–Trinajstić information content (AvgIpc) is 2.62. The summed E-state index contributed by atoms with van der Waals surface area (Å²) in [6.45, 7) is 3.51. The second-order valence-electron chi connectivity index (χ2n) is 4.66. The van der Waals surface area contributed by atoms with Gasteiger partial charge in [-0.3, -0.25) is 0 Å². The molecule has 1 aliphatic rings. The van der Waals surface area contributed by atoms with E-state index in [1.807, 2.05) is 0 Å². The number of rotatable bonds is 1. The highest BCUT2D eigenvalue weighted by Crippen LogP contribution is 2.39. The maximum absolute atomic E-state index is 13.4. The van der Waals surface area contributed by atoms with Crippen LogP contribution < -0.4 is 0 Å². The summed E-state index contributed by atoms with van der Waals surface area (Å²) >= 11 is 0. The zero-order chi connectivity index (χ0) is 11.1. The van der Waals surface area contributed by atoms with Crippen molar-refractivity contribution in [2.75, 3.05) is 0 Å². The molecule has 0 aromatic heterocycles. The van der Waals surface area contributed by atoms with E-state index in [1.54, 1.807) is 26.0 Å². The lowest BCUT2D eigenvalue weighted by Crippen LogP contribution is -2.21. The van der Waals surface area contributed by atoms with Gasteiger partial charge in [0.05, 0.1) is 5.60 Å². The molecule has 1 N–H and O–H groups in total. The van der Waals surface area contributed by atoms with E-state index < -0.39 is 5.60 Å². The zero-order valence-corrected chi connectivity index (χ0v) is 9.31. The molecule has 0 heterocycles. The van der Waals surface area contributed by atoms with Crippen molar-refractivity contribution in [1.29, 1.82) is 0 Å². The molecule has 2 rings (SSSR count). The molecule has 1 aliphatic carbocycles. The first kappa shape index (κ1) is 10.6. The third-order valence-corrected chi connectivity index (χ3v) is 3.40. The molecule has 0 saturated heterocycles. The lowest BCUT2D eigenvalue weighted by atomic mass is 9.89. The van der Waals surface area contributed by atoms with Crippen LogP contribution in [0.15, 0.2) is 12.1 Å². The van der Waals surface area contributed by atoms with Crippen LogP contribution in [0.5, 0.6) is 0 Å². The van der Waals surface area contributed by atoms with Crippen LogP contribution in [0.2, 0.25) is 0 Å². The Balaban J connectivity index is 2.45. The first-order chi connectivity index (χ1) is 7.03. The van der Waals surface area contributed by atoms with Crippen LogP contribution in [0, 0.1) is 19.7 Å². The van der Waals surface area contributed by atoms with Crippen molar-refractivity contribution in [1.82, 2.24) is 0 Å². The predicted molar refractivity (Wildman–Crippen MR) is 58.2 cm³/mol. The van der Waals surface area contributed by atoms with Crippen LogP contribution in [0.3, 0.4) is 0 Å². The number of aliphatic hydroxyl groups is 1. The van der Waals surface area contributed by atoms with Gasteiger partial charge in [0, 0.05) is 0 Å². The second kappa shape index (κ2) is 3.60. The van der Waals surface area contributed by atoms with E-state index in [-0.39, 0.29) is 5.82 Å². The third-order valence-electron chi connectivity index (χ3n) is 3.40. The Morgan fingerprint density at radius 3 is 2.07 bits per heavy atom. The Morgan fingerprint density at radius 2 is 1.60 bits per heavy atom. The normalized spacial score (nSPS) is 19.5. The highest BCUT2D eigenvalue weighted by molar-refractivity contribution is 5.34. The van der Waals surface area contributed by atoms with Gasteiger partial charge in [-0.25, -0.2) is 4.39 Å². The van der Waals surface area contributed by atoms with Gasteiger partial charge in [-0.15, -0.1) is 0 Å². The van der Waals surface area contributed by atoms with Crippen molar-refractivity contribution in [3.05, 3.63) is 34.6 Å². The van der Waals surface area contributed by atoms with Crippen LogP contribution in [0.25, 0.3) is 0 Å². The van der Waals surface area contributed by atoms with E-state index in [1.165, 1.54) is 0 Å². The number of hydrogen-bond acceptors (Lipinski definition) is 1. The molecule has 15 heavy (non-hydrogen) atoms. The van der Waals surface area contributed by atoms with Crippen LogP contribution >= 0.6 is 0 Å². The monoisotopic (exact) mass is 208 g/mol. The summed E-state index contributed by atoms with van der Waals surface area (Å²) in [6.07, 6.45) is 3.73. The molecule has 0 radical (unpaired) electrons. The summed E-state index contributed by atoms with van der Waals surface area (Å²) in [4.78, 5) is 0. The number of hydrogen-bond donors (Lipinski definition) is 1. The summed E-state index contributed by atoms with van der Waals surface area (Å²) < 4.78 is 13.4. The molecular formula is C13H17FO. The lowest BCUT2D eigenvalue weighted by molar-refractivity contribution is 0.0443. The van der Waals surface area contributed by atoms with Gasteiger partial charge in [-0.05, 0) is 43.4 Å². The molecule has 0 amide bonds. The fourth-order valence-electron chi connectivity index (χ4n) is 2.46. The van der Waals surface area contributed by atoms with Crippen LogP contribution in [-0.4, -0.2) is 5.11 Å². The quantitative estimate of drug-likeness (QED) is 0.751. The predicted octanol–water partition coefficient (Wildman–Crippen LogP) is 3.20. The van der Waals surface area contributed by atoms with Crippen molar-refractivity contribution >= 4 is 0 Å². The summed E-state index contributed by atoms with van der Waals surface area (Å²) in [7, 11) is 0. The molecule has 1 nitrogen and oxygen atoms in total. The number of benzene rings is 1. The Bertz CT molecular complexity index is 355. The molecule has 0 atom stereocenters. The van der Waals surface area contributed by atoms with Crippen molar-refractivity contribution in [2.24, 2.45) is 0 Å². The fraction of sp³-hybridized carbons (Fsp3) is 0.538. The van der Waals surface area contributed by atoms with E-state index in [0.717, 1.165) is 31.2 Å². The average molecular weight is 208 g/mol. The molecule has 0 bridgehead atoms. The highest BCUT2D eigenvalue weighted by atomic mass is 19.1. The van der Waals surface area contributed by atoms with Gasteiger partial charge in [-0.2, -0.15) is 0 Å². The minimum Gasteiger partial charge on any atom is -0.385 e. The molecule has 82 valence electrons. The molecule has 1 fully saturated rings. The van der Waals surface area contributed by atoms with Crippen LogP contribution in [0.1, 0.15) is 42.4 Å². The van der Waals surface area contributed by atoms with Crippen molar-refractivity contribution in [3.63, 3.8) is 0 Å². The molecule has 0 aliphatic heterocycles.